The van der Waals surface area contributed by atoms with Crippen LogP contribution in [0.4, 0.5) is 8.78 Å². The van der Waals surface area contributed by atoms with Crippen LogP contribution in [0.1, 0.15) is 73.9 Å². The smallest absolute Gasteiger partial charge is 0.253 e. The molecule has 4 N–H and O–H groups in total. The summed E-state index contributed by atoms with van der Waals surface area (Å²) in [5.74, 6) is -5.27. The second-order valence-electron chi connectivity index (χ2n) is 12.6. The number of aliphatic hydroxyl groups excluding tert-OH is 1. The average molecular weight is 756 g/mol. The van der Waals surface area contributed by atoms with E-state index in [1.54, 1.807) is 30.3 Å². The maximum Gasteiger partial charge on any atom is 0.253 e. The number of amides is 3. The minimum Gasteiger partial charge on any atom is -0.388 e. The van der Waals surface area contributed by atoms with Gasteiger partial charge in [-0.1, -0.05) is 57.0 Å². The van der Waals surface area contributed by atoms with Crippen molar-refractivity contribution in [3.05, 3.63) is 101 Å². The van der Waals surface area contributed by atoms with E-state index >= 15 is 0 Å². The summed E-state index contributed by atoms with van der Waals surface area (Å²) >= 11 is 0. The number of halogens is 2. The van der Waals surface area contributed by atoms with Gasteiger partial charge in [-0.3, -0.25) is 19.4 Å². The molecule has 3 amide bonds. The molecule has 0 radical (unpaired) electrons. The number of rotatable bonds is 22. The van der Waals surface area contributed by atoms with Crippen LogP contribution in [0.2, 0.25) is 0 Å². The molecule has 0 fully saturated rings. The molecule has 0 saturated carbocycles. The predicted molar refractivity (Wildman–Crippen MR) is 194 cm³/mol. The van der Waals surface area contributed by atoms with Crippen LogP contribution in [0.15, 0.2) is 73.1 Å². The minimum atomic E-state index is -3.99. The molecule has 0 saturated heterocycles. The largest absolute Gasteiger partial charge is 0.388 e. The van der Waals surface area contributed by atoms with Gasteiger partial charge >= 0.3 is 0 Å². The third-order valence-electron chi connectivity index (χ3n) is 8.40. The molecule has 2 aromatic carbocycles. The lowest BCUT2D eigenvalue weighted by Gasteiger charge is -2.31. The summed E-state index contributed by atoms with van der Waals surface area (Å²) in [5, 5.41) is 27.7. The van der Waals surface area contributed by atoms with E-state index < -0.39 is 80.9 Å². The zero-order valence-electron chi connectivity index (χ0n) is 29.8. The molecular formula is C38H47F2N5O7S. The Hall–Kier alpha value is -4.78. The van der Waals surface area contributed by atoms with Gasteiger partial charge in [0.05, 0.1) is 28.7 Å². The van der Waals surface area contributed by atoms with E-state index in [4.69, 9.17) is 10.00 Å². The maximum atomic E-state index is 14.3. The van der Waals surface area contributed by atoms with Gasteiger partial charge in [-0.2, -0.15) is 5.26 Å². The number of carbonyl (C=O) groups excluding carboxylic acids is 3. The highest BCUT2D eigenvalue weighted by Crippen LogP contribution is 2.19. The molecule has 15 heteroatoms. The maximum absolute atomic E-state index is 14.3. The Bertz CT molecular complexity index is 1750. The molecule has 12 nitrogen and oxygen atoms in total. The number of pyridine rings is 1. The zero-order chi connectivity index (χ0) is 38.8. The normalized spacial score (nSPS) is 13.7. The van der Waals surface area contributed by atoms with Gasteiger partial charge in [0.25, 0.3) is 11.8 Å². The van der Waals surface area contributed by atoms with E-state index in [9.17, 15) is 36.7 Å². The van der Waals surface area contributed by atoms with Crippen LogP contribution in [0.5, 0.6) is 0 Å². The fourth-order valence-corrected chi connectivity index (χ4v) is 7.91. The number of sulfone groups is 1. The van der Waals surface area contributed by atoms with Gasteiger partial charge in [0.15, 0.2) is 15.9 Å². The minimum absolute atomic E-state index is 0.00528. The van der Waals surface area contributed by atoms with Crippen LogP contribution in [0.25, 0.3) is 0 Å². The highest BCUT2D eigenvalue weighted by atomic mass is 32.2. The first-order valence-corrected chi connectivity index (χ1v) is 19.3. The molecule has 0 aliphatic rings. The monoisotopic (exact) mass is 755 g/mol. The van der Waals surface area contributed by atoms with Crippen LogP contribution in [0.3, 0.4) is 0 Å². The Balaban J connectivity index is 2.01. The molecule has 0 aliphatic carbocycles. The molecule has 4 unspecified atom stereocenters. The lowest BCUT2D eigenvalue weighted by atomic mass is 9.96. The van der Waals surface area contributed by atoms with Gasteiger partial charge in [0.2, 0.25) is 5.91 Å². The molecule has 0 aliphatic heterocycles. The van der Waals surface area contributed by atoms with Crippen molar-refractivity contribution in [2.75, 3.05) is 12.4 Å². The summed E-state index contributed by atoms with van der Waals surface area (Å²) in [6, 6.07) is 13.2. The lowest BCUT2D eigenvalue weighted by molar-refractivity contribution is -0.144. The van der Waals surface area contributed by atoms with Crippen molar-refractivity contribution in [3.63, 3.8) is 0 Å². The average Bonchev–Trinajstić information content (AvgIpc) is 3.13. The van der Waals surface area contributed by atoms with Gasteiger partial charge in [-0.05, 0) is 61.1 Å². The number of nitriles is 1. The van der Waals surface area contributed by atoms with E-state index in [0.29, 0.717) is 31.7 Å². The number of hydrogen-bond donors (Lipinski definition) is 4. The first-order chi connectivity index (χ1) is 25.4. The topological polar surface area (TPSA) is 188 Å². The van der Waals surface area contributed by atoms with Crippen molar-refractivity contribution < 1.29 is 41.4 Å². The molecule has 286 valence electrons. The van der Waals surface area contributed by atoms with E-state index in [1.807, 2.05) is 19.9 Å². The molecule has 0 spiro atoms. The van der Waals surface area contributed by atoms with E-state index in [-0.39, 0.29) is 37.1 Å². The quantitative estimate of drug-likeness (QED) is 0.110. The molecule has 1 aromatic heterocycles. The van der Waals surface area contributed by atoms with Gasteiger partial charge in [-0.25, -0.2) is 17.2 Å². The Kier molecular flexibility index (Phi) is 17.4. The van der Waals surface area contributed by atoms with Gasteiger partial charge in [0, 0.05) is 38.0 Å². The summed E-state index contributed by atoms with van der Waals surface area (Å²) in [7, 11) is -3.99. The summed E-state index contributed by atoms with van der Waals surface area (Å²) in [6.45, 7) is 3.58. The Labute approximate surface area is 309 Å². The fraction of sp³-hybridized carbons (Fsp3) is 0.447. The molecule has 53 heavy (non-hydrogen) atoms. The standard InChI is InChI=1S/C38H47F2N5O7S/c1-3-11-31(12-4-2)53(50,51)25-33(45-36(47)28-15-10-17-42-24-28)37(48)44-32(21-27-19-29(39)22-30(40)20-27)34(46)35(52-18-9-8-16-41)38(49)43-23-26-13-6-5-7-14-26/h5-7,10,13-15,17,19-20,22,24,31-35,46H,3-4,8-9,11-12,18,21,23,25H2,1-2H3,(H,43,49)(H,44,48)(H,45,47). The second kappa shape index (κ2) is 21.7. The Morgan fingerprint density at radius 1 is 0.943 bits per heavy atom. The number of unbranched alkanes of at least 4 members (excludes halogenated alkanes) is 1. The summed E-state index contributed by atoms with van der Waals surface area (Å²) in [5.41, 5.74) is 0.778. The van der Waals surface area contributed by atoms with Crippen molar-refractivity contribution in [2.24, 2.45) is 0 Å². The lowest BCUT2D eigenvalue weighted by Crippen LogP contribution is -2.59. The van der Waals surface area contributed by atoms with Crippen molar-refractivity contribution in [3.8, 4) is 6.07 Å². The highest BCUT2D eigenvalue weighted by molar-refractivity contribution is 7.92. The number of benzene rings is 2. The first kappa shape index (κ1) is 42.6. The second-order valence-corrected chi connectivity index (χ2v) is 15.0. The third kappa shape index (κ3) is 13.9. The number of ether oxygens (including phenoxy) is 1. The molecule has 4 atom stereocenters. The number of nitrogens with one attached hydrogen (secondary N) is 3. The Morgan fingerprint density at radius 2 is 1.62 bits per heavy atom. The van der Waals surface area contributed by atoms with Crippen molar-refractivity contribution in [2.45, 2.75) is 94.9 Å². The van der Waals surface area contributed by atoms with Crippen molar-refractivity contribution >= 4 is 27.6 Å². The van der Waals surface area contributed by atoms with Crippen LogP contribution < -0.4 is 16.0 Å². The van der Waals surface area contributed by atoms with Crippen LogP contribution in [-0.2, 0) is 37.1 Å². The number of hydrogen-bond acceptors (Lipinski definition) is 9. The van der Waals surface area contributed by atoms with Gasteiger partial charge in [0.1, 0.15) is 23.8 Å². The molecule has 0 bridgehead atoms. The van der Waals surface area contributed by atoms with Crippen molar-refractivity contribution in [1.29, 1.82) is 5.26 Å². The van der Waals surface area contributed by atoms with Crippen LogP contribution in [0, 0.1) is 23.0 Å². The van der Waals surface area contributed by atoms with Crippen LogP contribution in [-0.4, -0.2) is 78.1 Å². The fourth-order valence-electron chi connectivity index (χ4n) is 5.75. The molecule has 3 aromatic rings. The SMILES string of the molecule is CCCC(CCC)S(=O)(=O)CC(NC(=O)c1cccnc1)C(=O)NC(Cc1cc(F)cc(F)c1)C(O)C(OCCCC#N)C(=O)NCc1ccccc1. The van der Waals surface area contributed by atoms with E-state index in [0.717, 1.165) is 17.7 Å². The first-order valence-electron chi connectivity index (χ1n) is 17.5. The predicted octanol–water partition coefficient (Wildman–Crippen LogP) is 3.94. The third-order valence-corrected chi connectivity index (χ3v) is 10.7. The van der Waals surface area contributed by atoms with Gasteiger partial charge in [-0.15, -0.1) is 0 Å². The highest BCUT2D eigenvalue weighted by Gasteiger charge is 2.38. The number of aromatic nitrogens is 1. The molecule has 3 rings (SSSR count). The Morgan fingerprint density at radius 3 is 2.23 bits per heavy atom. The number of nitrogens with zero attached hydrogens (tertiary/aromatic N) is 2. The molecule has 1 heterocycles. The zero-order valence-corrected chi connectivity index (χ0v) is 30.7. The summed E-state index contributed by atoms with van der Waals surface area (Å²) < 4.78 is 61.8. The van der Waals surface area contributed by atoms with Crippen molar-refractivity contribution in [1.82, 2.24) is 20.9 Å². The van der Waals surface area contributed by atoms with Gasteiger partial charge < -0.3 is 25.8 Å². The van der Waals surface area contributed by atoms with E-state index in [2.05, 4.69) is 20.9 Å². The number of carbonyl (C=O) groups is 3. The van der Waals surface area contributed by atoms with Crippen LogP contribution >= 0.6 is 0 Å². The van der Waals surface area contributed by atoms with E-state index in [1.165, 1.54) is 24.5 Å². The number of aliphatic hydroxyl groups is 1. The summed E-state index contributed by atoms with van der Waals surface area (Å²) in [6.07, 6.45) is 0.768. The summed E-state index contributed by atoms with van der Waals surface area (Å²) in [4.78, 5) is 44.8. The molecular weight excluding hydrogens is 709 g/mol.